The third kappa shape index (κ3) is 5.08. The summed E-state index contributed by atoms with van der Waals surface area (Å²) in [5.41, 5.74) is 2.66. The van der Waals surface area contributed by atoms with E-state index in [1.165, 1.54) is 22.5 Å². The third-order valence-electron chi connectivity index (χ3n) is 4.03. The Morgan fingerprint density at radius 3 is 2.48 bits per heavy atom. The average Bonchev–Trinajstić information content (AvgIpc) is 2.69. The second-order valence-electron chi connectivity index (χ2n) is 6.22. The van der Waals surface area contributed by atoms with Crippen LogP contribution in [0.5, 0.6) is 0 Å². The first-order valence-electron chi connectivity index (χ1n) is 8.68. The van der Waals surface area contributed by atoms with Crippen LogP contribution in [0, 0.1) is 6.92 Å². The van der Waals surface area contributed by atoms with Gasteiger partial charge in [-0.3, -0.25) is 9.59 Å². The smallest absolute Gasteiger partial charge is 0.271 e. The van der Waals surface area contributed by atoms with Gasteiger partial charge in [-0.05, 0) is 37.6 Å². The fraction of sp³-hybridized carbons (Fsp3) is 0.190. The highest BCUT2D eigenvalue weighted by Gasteiger charge is 2.15. The number of carbonyl (C=O) groups excluding carboxylic acids is 1. The van der Waals surface area contributed by atoms with Gasteiger partial charge in [0.25, 0.3) is 5.56 Å². The van der Waals surface area contributed by atoms with Crippen LogP contribution in [0.4, 0.5) is 0 Å². The number of amides is 1. The molecule has 138 valence electrons. The standard InChI is InChI=1S/C21H21N3O2S/c1-15-8-10-18(11-9-15)24-20(25)13-12-19(23-24)27-16(2)21(26)22-14-17-6-4-3-5-7-17/h3-13,16H,14H2,1-2H3,(H,22,26)/t16-/m0/s1. The molecule has 0 bridgehead atoms. The second kappa shape index (κ2) is 8.68. The molecule has 0 spiro atoms. The first kappa shape index (κ1) is 18.9. The van der Waals surface area contributed by atoms with Crippen molar-refractivity contribution in [3.05, 3.63) is 88.2 Å². The van der Waals surface area contributed by atoms with Gasteiger partial charge in [-0.1, -0.05) is 59.8 Å². The summed E-state index contributed by atoms with van der Waals surface area (Å²) >= 11 is 1.32. The van der Waals surface area contributed by atoms with Crippen molar-refractivity contribution < 1.29 is 4.79 Å². The van der Waals surface area contributed by atoms with Crippen LogP contribution in [0.1, 0.15) is 18.1 Å². The van der Waals surface area contributed by atoms with Crippen molar-refractivity contribution in [2.75, 3.05) is 0 Å². The maximum Gasteiger partial charge on any atom is 0.271 e. The molecule has 0 saturated carbocycles. The summed E-state index contributed by atoms with van der Waals surface area (Å²) < 4.78 is 1.36. The van der Waals surface area contributed by atoms with E-state index in [-0.39, 0.29) is 16.7 Å². The summed E-state index contributed by atoms with van der Waals surface area (Å²) in [6.45, 7) is 4.30. The van der Waals surface area contributed by atoms with Crippen molar-refractivity contribution in [2.45, 2.75) is 30.7 Å². The van der Waals surface area contributed by atoms with Crippen LogP contribution in [0.3, 0.4) is 0 Å². The Bertz CT molecular complexity index is 969. The number of aromatic nitrogens is 2. The zero-order valence-electron chi connectivity index (χ0n) is 15.3. The van der Waals surface area contributed by atoms with Gasteiger partial charge in [-0.15, -0.1) is 0 Å². The van der Waals surface area contributed by atoms with E-state index in [0.29, 0.717) is 17.3 Å². The fourth-order valence-electron chi connectivity index (χ4n) is 2.49. The van der Waals surface area contributed by atoms with Gasteiger partial charge in [0.1, 0.15) is 5.03 Å². The maximum atomic E-state index is 12.4. The molecule has 0 unspecified atom stereocenters. The van der Waals surface area contributed by atoms with Crippen molar-refractivity contribution >= 4 is 17.7 Å². The van der Waals surface area contributed by atoms with E-state index in [4.69, 9.17) is 0 Å². The van der Waals surface area contributed by atoms with Crippen LogP contribution >= 0.6 is 11.8 Å². The molecule has 0 aliphatic heterocycles. The Kier molecular flexibility index (Phi) is 6.08. The fourth-order valence-corrected chi connectivity index (χ4v) is 3.32. The summed E-state index contributed by atoms with van der Waals surface area (Å²) in [5.74, 6) is -0.0706. The molecule has 1 atom stereocenters. The predicted octanol–water partition coefficient (Wildman–Crippen LogP) is 3.34. The van der Waals surface area contributed by atoms with Gasteiger partial charge in [0.05, 0.1) is 10.9 Å². The molecule has 5 nitrogen and oxygen atoms in total. The monoisotopic (exact) mass is 379 g/mol. The normalized spacial score (nSPS) is 11.8. The number of hydrogen-bond donors (Lipinski definition) is 1. The summed E-state index contributed by atoms with van der Waals surface area (Å²) in [6, 6.07) is 20.5. The van der Waals surface area contributed by atoms with Crippen LogP contribution < -0.4 is 10.9 Å². The van der Waals surface area contributed by atoms with Crippen LogP contribution in [-0.4, -0.2) is 20.9 Å². The van der Waals surface area contributed by atoms with Gasteiger partial charge in [0, 0.05) is 12.6 Å². The number of carbonyl (C=O) groups is 1. The summed E-state index contributed by atoms with van der Waals surface area (Å²) in [6.07, 6.45) is 0. The predicted molar refractivity (Wildman–Crippen MR) is 108 cm³/mol. The quantitative estimate of drug-likeness (QED) is 0.667. The molecule has 1 heterocycles. The topological polar surface area (TPSA) is 64.0 Å². The van der Waals surface area contributed by atoms with Gasteiger partial charge in [-0.25, -0.2) is 0 Å². The molecule has 3 rings (SSSR count). The second-order valence-corrected chi connectivity index (χ2v) is 7.58. The molecule has 0 radical (unpaired) electrons. The van der Waals surface area contributed by atoms with Gasteiger partial charge < -0.3 is 5.32 Å². The van der Waals surface area contributed by atoms with Crippen LogP contribution in [0.25, 0.3) is 5.69 Å². The number of nitrogens with one attached hydrogen (secondary N) is 1. The maximum absolute atomic E-state index is 12.4. The molecular weight excluding hydrogens is 358 g/mol. The minimum absolute atomic E-state index is 0.0706. The molecule has 0 fully saturated rings. The lowest BCUT2D eigenvalue weighted by molar-refractivity contribution is -0.120. The number of benzene rings is 2. The van der Waals surface area contributed by atoms with Gasteiger partial charge in [-0.2, -0.15) is 9.78 Å². The lowest BCUT2D eigenvalue weighted by Gasteiger charge is -2.12. The Morgan fingerprint density at radius 2 is 1.78 bits per heavy atom. The highest BCUT2D eigenvalue weighted by atomic mass is 32.2. The largest absolute Gasteiger partial charge is 0.351 e. The lowest BCUT2D eigenvalue weighted by Crippen LogP contribution is -2.30. The first-order valence-corrected chi connectivity index (χ1v) is 9.56. The van der Waals surface area contributed by atoms with Crippen LogP contribution in [0.2, 0.25) is 0 Å². The van der Waals surface area contributed by atoms with Crippen molar-refractivity contribution in [1.82, 2.24) is 15.1 Å². The number of aryl methyl sites for hydroxylation is 1. The molecule has 1 amide bonds. The van der Waals surface area contributed by atoms with Crippen LogP contribution in [-0.2, 0) is 11.3 Å². The highest BCUT2D eigenvalue weighted by molar-refractivity contribution is 8.00. The average molecular weight is 379 g/mol. The van der Waals surface area contributed by atoms with E-state index in [2.05, 4.69) is 10.4 Å². The highest BCUT2D eigenvalue weighted by Crippen LogP contribution is 2.20. The Morgan fingerprint density at radius 1 is 1.07 bits per heavy atom. The number of thioether (sulfide) groups is 1. The van der Waals surface area contributed by atoms with E-state index < -0.39 is 0 Å². The number of hydrogen-bond acceptors (Lipinski definition) is 4. The van der Waals surface area contributed by atoms with Crippen molar-refractivity contribution in [1.29, 1.82) is 0 Å². The number of rotatable bonds is 6. The molecule has 3 aromatic rings. The van der Waals surface area contributed by atoms with Gasteiger partial charge in [0.2, 0.25) is 5.91 Å². The molecule has 0 aliphatic rings. The van der Waals surface area contributed by atoms with Gasteiger partial charge >= 0.3 is 0 Å². The van der Waals surface area contributed by atoms with E-state index in [1.54, 1.807) is 6.07 Å². The molecule has 1 aromatic heterocycles. The van der Waals surface area contributed by atoms with E-state index in [9.17, 15) is 9.59 Å². The van der Waals surface area contributed by atoms with Crippen molar-refractivity contribution in [3.63, 3.8) is 0 Å². The molecule has 6 heteroatoms. The molecule has 27 heavy (non-hydrogen) atoms. The molecule has 0 saturated heterocycles. The van der Waals surface area contributed by atoms with Gasteiger partial charge in [0.15, 0.2) is 0 Å². The van der Waals surface area contributed by atoms with Crippen molar-refractivity contribution in [3.8, 4) is 5.69 Å². The zero-order valence-corrected chi connectivity index (χ0v) is 16.1. The third-order valence-corrected chi connectivity index (χ3v) is 5.06. The number of nitrogens with zero attached hydrogens (tertiary/aromatic N) is 2. The Hall–Kier alpha value is -2.86. The minimum atomic E-state index is -0.329. The molecule has 2 aromatic carbocycles. The Balaban J connectivity index is 1.67. The first-order chi connectivity index (χ1) is 13.0. The van der Waals surface area contributed by atoms with Crippen LogP contribution in [0.15, 0.2) is 76.6 Å². The molecular formula is C21H21N3O2S. The summed E-state index contributed by atoms with van der Waals surface area (Å²) in [4.78, 5) is 24.5. The molecule has 1 N–H and O–H groups in total. The lowest BCUT2D eigenvalue weighted by atomic mass is 10.2. The Labute approximate surface area is 162 Å². The van der Waals surface area contributed by atoms with E-state index in [0.717, 1.165) is 11.1 Å². The summed E-state index contributed by atoms with van der Waals surface area (Å²) in [5, 5.41) is 7.62. The SMILES string of the molecule is Cc1ccc(-n2nc(S[C@@H](C)C(=O)NCc3ccccc3)ccc2=O)cc1. The van der Waals surface area contributed by atoms with Crippen molar-refractivity contribution in [2.24, 2.45) is 0 Å². The molecule has 0 aliphatic carbocycles. The van der Waals surface area contributed by atoms with E-state index in [1.807, 2.05) is 68.4 Å². The van der Waals surface area contributed by atoms with E-state index >= 15 is 0 Å². The minimum Gasteiger partial charge on any atom is -0.351 e. The summed E-state index contributed by atoms with van der Waals surface area (Å²) in [7, 11) is 0. The zero-order chi connectivity index (χ0) is 19.2.